The highest BCUT2D eigenvalue weighted by Crippen LogP contribution is 2.50. The molecule has 3 N–H and O–H groups in total. The Morgan fingerprint density at radius 1 is 1.45 bits per heavy atom. The van der Waals surface area contributed by atoms with Crippen molar-refractivity contribution in [3.05, 3.63) is 46.9 Å². The first-order valence-corrected chi connectivity index (χ1v) is 7.05. The van der Waals surface area contributed by atoms with E-state index in [-0.39, 0.29) is 11.5 Å². The second-order valence-electron chi connectivity index (χ2n) is 6.30. The fourth-order valence-corrected chi connectivity index (χ4v) is 3.64. The van der Waals surface area contributed by atoms with Crippen LogP contribution in [0.4, 0.5) is 0 Å². The van der Waals surface area contributed by atoms with Gasteiger partial charge in [0.15, 0.2) is 0 Å². The van der Waals surface area contributed by atoms with Crippen LogP contribution in [0.3, 0.4) is 0 Å². The number of benzene rings is 1. The Bertz CT molecular complexity index is 577. The third-order valence-corrected chi connectivity index (χ3v) is 4.42. The van der Waals surface area contributed by atoms with Crippen LogP contribution in [0.2, 0.25) is 0 Å². The number of carbonyl (C=O) groups excluding carboxylic acids is 1. The van der Waals surface area contributed by atoms with Crippen LogP contribution in [0.1, 0.15) is 37.4 Å². The molecule has 0 amide bonds. The van der Waals surface area contributed by atoms with Crippen molar-refractivity contribution < 1.29 is 4.79 Å². The van der Waals surface area contributed by atoms with E-state index in [1.807, 2.05) is 0 Å². The van der Waals surface area contributed by atoms with Crippen molar-refractivity contribution in [1.29, 1.82) is 0 Å². The molecule has 0 spiro atoms. The largest absolute Gasteiger partial charge is 0.384 e. The summed E-state index contributed by atoms with van der Waals surface area (Å²) in [6.45, 7) is 5.24. The summed E-state index contributed by atoms with van der Waals surface area (Å²) in [6, 6.07) is 8.84. The van der Waals surface area contributed by atoms with E-state index >= 15 is 0 Å². The summed E-state index contributed by atoms with van der Waals surface area (Å²) >= 11 is 0. The van der Waals surface area contributed by atoms with Gasteiger partial charge in [0.25, 0.3) is 0 Å². The minimum Gasteiger partial charge on any atom is -0.384 e. The first kappa shape index (κ1) is 13.0. The van der Waals surface area contributed by atoms with Crippen LogP contribution in [0.25, 0.3) is 0 Å². The highest BCUT2D eigenvalue weighted by molar-refractivity contribution is 5.55. The Balaban J connectivity index is 2.03. The predicted octanol–water partition coefficient (Wildman–Crippen LogP) is 1.89. The molecule has 0 saturated heterocycles. The Morgan fingerprint density at radius 3 is 2.95 bits per heavy atom. The molecule has 1 aromatic carbocycles. The molecule has 1 unspecified atom stereocenters. The standard InChI is InChI=1S/C16H21N3O/c1-16(2)9-11-5-3-4-6-12(11)14(16)19-10-18-15(17)13(19)7-8-20/h3-6,8,14,18H,7,9-10,17H2,1-2H3. The molecule has 20 heavy (non-hydrogen) atoms. The molecule has 0 fully saturated rings. The van der Waals surface area contributed by atoms with Crippen molar-refractivity contribution in [3.63, 3.8) is 0 Å². The number of carbonyl (C=O) groups is 1. The van der Waals surface area contributed by atoms with E-state index in [9.17, 15) is 4.79 Å². The number of aldehydes is 1. The Kier molecular flexibility index (Phi) is 2.96. The molecular weight excluding hydrogens is 250 g/mol. The molecule has 0 saturated carbocycles. The van der Waals surface area contributed by atoms with Crippen LogP contribution in [0.15, 0.2) is 35.8 Å². The van der Waals surface area contributed by atoms with Gasteiger partial charge in [-0.25, -0.2) is 0 Å². The van der Waals surface area contributed by atoms with Crippen LogP contribution in [0.5, 0.6) is 0 Å². The summed E-state index contributed by atoms with van der Waals surface area (Å²) in [5, 5.41) is 3.17. The zero-order valence-corrected chi connectivity index (χ0v) is 12.0. The van der Waals surface area contributed by atoms with E-state index in [1.54, 1.807) is 0 Å². The molecule has 2 aliphatic rings. The normalized spacial score (nSPS) is 23.7. The average Bonchev–Trinajstić information content (AvgIpc) is 2.87. The highest BCUT2D eigenvalue weighted by atomic mass is 16.1. The second kappa shape index (κ2) is 4.54. The monoisotopic (exact) mass is 271 g/mol. The lowest BCUT2D eigenvalue weighted by Gasteiger charge is -2.37. The fraction of sp³-hybridized carbons (Fsp3) is 0.438. The molecule has 106 valence electrons. The predicted molar refractivity (Wildman–Crippen MR) is 78.4 cm³/mol. The van der Waals surface area contributed by atoms with Gasteiger partial charge in [-0.3, -0.25) is 0 Å². The van der Waals surface area contributed by atoms with Gasteiger partial charge in [-0.1, -0.05) is 38.1 Å². The van der Waals surface area contributed by atoms with Crippen molar-refractivity contribution in [2.45, 2.75) is 32.7 Å². The SMILES string of the molecule is CC1(C)Cc2ccccc2C1N1CNC(N)=C1CC=O. The topological polar surface area (TPSA) is 58.4 Å². The lowest BCUT2D eigenvalue weighted by molar-refractivity contribution is -0.107. The third kappa shape index (κ3) is 1.87. The highest BCUT2D eigenvalue weighted by Gasteiger charge is 2.44. The van der Waals surface area contributed by atoms with Crippen LogP contribution in [0, 0.1) is 5.41 Å². The lowest BCUT2D eigenvalue weighted by Crippen LogP contribution is -2.35. The van der Waals surface area contributed by atoms with E-state index in [4.69, 9.17) is 5.73 Å². The molecule has 1 aliphatic carbocycles. The van der Waals surface area contributed by atoms with E-state index in [0.29, 0.717) is 18.9 Å². The number of allylic oxidation sites excluding steroid dienone is 1. The maximum absolute atomic E-state index is 10.9. The minimum atomic E-state index is 0.129. The van der Waals surface area contributed by atoms with Gasteiger partial charge in [0.1, 0.15) is 12.1 Å². The molecule has 0 bridgehead atoms. The fourth-order valence-electron chi connectivity index (χ4n) is 3.64. The number of fused-ring (bicyclic) bond motifs is 1. The molecular formula is C16H21N3O. The number of hydrogen-bond acceptors (Lipinski definition) is 4. The van der Waals surface area contributed by atoms with Crippen molar-refractivity contribution in [2.24, 2.45) is 11.1 Å². The molecule has 4 heteroatoms. The van der Waals surface area contributed by atoms with Crippen LogP contribution >= 0.6 is 0 Å². The lowest BCUT2D eigenvalue weighted by atomic mass is 9.84. The van der Waals surface area contributed by atoms with E-state index in [1.165, 1.54) is 11.1 Å². The summed E-state index contributed by atoms with van der Waals surface area (Å²) in [6.07, 6.45) is 2.35. The summed E-state index contributed by atoms with van der Waals surface area (Å²) in [5.41, 5.74) is 9.81. The second-order valence-corrected chi connectivity index (χ2v) is 6.30. The number of nitrogens with one attached hydrogen (secondary N) is 1. The van der Waals surface area contributed by atoms with Gasteiger partial charge in [-0.05, 0) is 23.0 Å². The van der Waals surface area contributed by atoms with E-state index in [0.717, 1.165) is 18.4 Å². The zero-order valence-electron chi connectivity index (χ0n) is 12.0. The molecule has 0 aromatic heterocycles. The maximum Gasteiger partial charge on any atom is 0.125 e. The summed E-state index contributed by atoms with van der Waals surface area (Å²) in [4.78, 5) is 13.2. The van der Waals surface area contributed by atoms with E-state index < -0.39 is 0 Å². The van der Waals surface area contributed by atoms with E-state index in [2.05, 4.69) is 48.3 Å². The first-order chi connectivity index (χ1) is 9.54. The first-order valence-electron chi connectivity index (χ1n) is 7.05. The number of nitrogens with zero attached hydrogens (tertiary/aromatic N) is 1. The third-order valence-electron chi connectivity index (χ3n) is 4.42. The van der Waals surface area contributed by atoms with Crippen LogP contribution in [-0.2, 0) is 11.2 Å². The quantitative estimate of drug-likeness (QED) is 0.824. The summed E-state index contributed by atoms with van der Waals surface area (Å²) in [5.74, 6) is 0.636. The zero-order chi connectivity index (χ0) is 14.3. The smallest absolute Gasteiger partial charge is 0.125 e. The number of nitrogens with two attached hydrogens (primary N) is 1. The van der Waals surface area contributed by atoms with Crippen molar-refractivity contribution >= 4 is 6.29 Å². The number of hydrogen-bond donors (Lipinski definition) is 2. The van der Waals surface area contributed by atoms with Gasteiger partial charge in [0, 0.05) is 6.42 Å². The van der Waals surface area contributed by atoms with Gasteiger partial charge in [0.2, 0.25) is 0 Å². The Hall–Kier alpha value is -1.97. The summed E-state index contributed by atoms with van der Waals surface area (Å²) < 4.78 is 0. The minimum absolute atomic E-state index is 0.129. The maximum atomic E-state index is 10.9. The van der Waals surface area contributed by atoms with Crippen molar-refractivity contribution in [3.8, 4) is 0 Å². The average molecular weight is 271 g/mol. The Labute approximate surface area is 119 Å². The van der Waals surface area contributed by atoms with Crippen molar-refractivity contribution in [1.82, 2.24) is 10.2 Å². The molecule has 0 radical (unpaired) electrons. The van der Waals surface area contributed by atoms with Gasteiger partial charge in [0.05, 0.1) is 18.4 Å². The molecule has 1 aliphatic heterocycles. The molecule has 1 aromatic rings. The van der Waals surface area contributed by atoms with Gasteiger partial charge < -0.3 is 20.7 Å². The van der Waals surface area contributed by atoms with Gasteiger partial charge >= 0.3 is 0 Å². The molecule has 4 nitrogen and oxygen atoms in total. The van der Waals surface area contributed by atoms with Crippen molar-refractivity contribution in [2.75, 3.05) is 6.67 Å². The van der Waals surface area contributed by atoms with Gasteiger partial charge in [-0.15, -0.1) is 0 Å². The van der Waals surface area contributed by atoms with Gasteiger partial charge in [-0.2, -0.15) is 0 Å². The Morgan fingerprint density at radius 2 is 2.20 bits per heavy atom. The summed E-state index contributed by atoms with van der Waals surface area (Å²) in [7, 11) is 0. The molecule has 1 heterocycles. The molecule has 3 rings (SSSR count). The molecule has 1 atom stereocenters. The number of rotatable bonds is 3. The van der Waals surface area contributed by atoms with Crippen LogP contribution in [-0.4, -0.2) is 17.9 Å². The van der Waals surface area contributed by atoms with Crippen LogP contribution < -0.4 is 11.1 Å².